The molecule has 13 heavy (non-hydrogen) atoms. The van der Waals surface area contributed by atoms with Crippen LogP contribution >= 0.6 is 0 Å². The van der Waals surface area contributed by atoms with E-state index in [2.05, 4.69) is 5.28 Å². The summed E-state index contributed by atoms with van der Waals surface area (Å²) in [5.41, 5.74) is 0. The van der Waals surface area contributed by atoms with Gasteiger partial charge >= 0.3 is 0 Å². The van der Waals surface area contributed by atoms with E-state index in [4.69, 9.17) is 5.21 Å². The Morgan fingerprint density at radius 2 is 2.08 bits per heavy atom. The second-order valence-corrected chi connectivity index (χ2v) is 3.39. The molecule has 76 valence electrons. The van der Waals surface area contributed by atoms with Crippen LogP contribution in [0.25, 0.3) is 0 Å². The van der Waals surface area contributed by atoms with E-state index in [1.807, 2.05) is 6.92 Å². The molecule has 0 bridgehead atoms. The Morgan fingerprint density at radius 1 is 1.46 bits per heavy atom. The van der Waals surface area contributed by atoms with Crippen LogP contribution in [0.2, 0.25) is 0 Å². The normalized spacial score (nSPS) is 20.2. The second kappa shape index (κ2) is 4.89. The van der Waals surface area contributed by atoms with E-state index in [0.717, 1.165) is 12.8 Å². The zero-order valence-electron chi connectivity index (χ0n) is 8.02. The van der Waals surface area contributed by atoms with Crippen molar-refractivity contribution in [3.63, 3.8) is 0 Å². The van der Waals surface area contributed by atoms with Crippen molar-refractivity contribution in [2.24, 2.45) is 5.28 Å². The molecule has 0 unspecified atom stereocenters. The first-order valence-corrected chi connectivity index (χ1v) is 4.88. The highest BCUT2D eigenvalue weighted by Crippen LogP contribution is 2.22. The molecule has 1 N–H and O–H groups in total. The molecule has 0 aliphatic heterocycles. The van der Waals surface area contributed by atoms with Crippen LogP contribution in [0.5, 0.6) is 0 Å². The lowest BCUT2D eigenvalue weighted by Gasteiger charge is -2.28. The molecular formula is C8H17N3O2. The molecule has 0 aromatic carbocycles. The summed E-state index contributed by atoms with van der Waals surface area (Å²) in [5, 5.41) is 23.6. The molecule has 0 aromatic rings. The van der Waals surface area contributed by atoms with Gasteiger partial charge in [0.1, 0.15) is 0 Å². The molecule has 0 amide bonds. The molecule has 0 atom stereocenters. The summed E-state index contributed by atoms with van der Waals surface area (Å²) in [6.07, 6.45) is 5.65. The van der Waals surface area contributed by atoms with Gasteiger partial charge in [-0.25, -0.2) is 0 Å². The summed E-state index contributed by atoms with van der Waals surface area (Å²) in [7, 11) is 0. The fourth-order valence-electron chi connectivity index (χ4n) is 1.95. The summed E-state index contributed by atoms with van der Waals surface area (Å²) < 4.78 is 0. The standard InChI is InChI=1S/C8H17N3O2/c1-2-10(11(13)9-12)8-6-4-3-5-7-8/h8,12H,2-7H2,1H3/b11-9-. The molecule has 1 aliphatic carbocycles. The molecular weight excluding hydrogens is 170 g/mol. The maximum absolute atomic E-state index is 11.1. The smallest absolute Gasteiger partial charge is 0.230 e. The van der Waals surface area contributed by atoms with Crippen molar-refractivity contribution in [1.82, 2.24) is 5.01 Å². The van der Waals surface area contributed by atoms with E-state index < -0.39 is 0 Å². The summed E-state index contributed by atoms with van der Waals surface area (Å²) in [6.45, 7) is 2.49. The SMILES string of the molecule is CCN(C1CCCCC1)/[N+]([O-])=N/O. The minimum absolute atomic E-state index is 0.257. The van der Waals surface area contributed by atoms with Crippen molar-refractivity contribution in [1.29, 1.82) is 0 Å². The third-order valence-corrected chi connectivity index (χ3v) is 2.62. The van der Waals surface area contributed by atoms with Gasteiger partial charge in [-0.05, 0) is 19.8 Å². The lowest BCUT2D eigenvalue weighted by atomic mass is 9.95. The van der Waals surface area contributed by atoms with Gasteiger partial charge in [0.2, 0.25) is 5.28 Å². The van der Waals surface area contributed by atoms with Crippen LogP contribution in [-0.2, 0) is 0 Å². The lowest BCUT2D eigenvalue weighted by molar-refractivity contribution is -0.717. The topological polar surface area (TPSA) is 61.9 Å². The molecule has 1 saturated carbocycles. The fourth-order valence-corrected chi connectivity index (χ4v) is 1.95. The molecule has 0 heterocycles. The van der Waals surface area contributed by atoms with Gasteiger partial charge in [0, 0.05) is 0 Å². The molecule has 1 aliphatic rings. The number of nitrogens with zero attached hydrogens (tertiary/aromatic N) is 3. The Balaban J connectivity index is 2.53. The predicted molar refractivity (Wildman–Crippen MR) is 47.1 cm³/mol. The quantitative estimate of drug-likeness (QED) is 0.417. The van der Waals surface area contributed by atoms with Crippen LogP contribution < -0.4 is 0 Å². The maximum atomic E-state index is 11.1. The number of hydrogen-bond donors (Lipinski definition) is 1. The minimum atomic E-state index is 0.257. The molecule has 1 fully saturated rings. The van der Waals surface area contributed by atoms with Gasteiger partial charge < -0.3 is 10.4 Å². The Hall–Kier alpha value is -1.00. The number of hydrogen-bond acceptors (Lipinski definition) is 2. The summed E-state index contributed by atoms with van der Waals surface area (Å²) >= 11 is 0. The van der Waals surface area contributed by atoms with E-state index >= 15 is 0 Å². The molecule has 5 heteroatoms. The molecule has 1 rings (SSSR count). The van der Waals surface area contributed by atoms with Crippen molar-refractivity contribution < 1.29 is 10.2 Å². The molecule has 0 spiro atoms. The minimum Gasteiger partial charge on any atom is -0.569 e. The highest BCUT2D eigenvalue weighted by atomic mass is 16.6. The highest BCUT2D eigenvalue weighted by molar-refractivity contribution is 4.70. The van der Waals surface area contributed by atoms with Gasteiger partial charge in [-0.3, -0.25) is 0 Å². The van der Waals surface area contributed by atoms with Crippen molar-refractivity contribution in [2.75, 3.05) is 6.54 Å². The third-order valence-electron chi connectivity index (χ3n) is 2.62. The van der Waals surface area contributed by atoms with E-state index in [-0.39, 0.29) is 6.04 Å². The zero-order chi connectivity index (χ0) is 9.68. The first-order chi connectivity index (χ1) is 6.29. The molecule has 5 nitrogen and oxygen atoms in total. The van der Waals surface area contributed by atoms with Crippen LogP contribution in [-0.4, -0.2) is 27.8 Å². The lowest BCUT2D eigenvalue weighted by Crippen LogP contribution is -2.41. The molecule has 0 saturated heterocycles. The average Bonchev–Trinajstić information content (AvgIpc) is 2.20. The monoisotopic (exact) mass is 187 g/mol. The van der Waals surface area contributed by atoms with E-state index in [9.17, 15) is 5.21 Å². The molecule has 0 radical (unpaired) electrons. The second-order valence-electron chi connectivity index (χ2n) is 3.39. The fraction of sp³-hybridized carbons (Fsp3) is 1.00. The van der Waals surface area contributed by atoms with Crippen LogP contribution in [0.3, 0.4) is 0 Å². The van der Waals surface area contributed by atoms with Crippen LogP contribution in [0.4, 0.5) is 0 Å². The highest BCUT2D eigenvalue weighted by Gasteiger charge is 2.25. The van der Waals surface area contributed by atoms with Crippen LogP contribution in [0.15, 0.2) is 5.28 Å². The van der Waals surface area contributed by atoms with Gasteiger partial charge in [0.05, 0.1) is 17.6 Å². The summed E-state index contributed by atoms with van der Waals surface area (Å²) in [4.78, 5) is 0.302. The van der Waals surface area contributed by atoms with Gasteiger partial charge in [0.15, 0.2) is 0 Å². The molecule has 0 aromatic heterocycles. The van der Waals surface area contributed by atoms with Crippen molar-refractivity contribution >= 4 is 0 Å². The van der Waals surface area contributed by atoms with E-state index in [1.54, 1.807) is 5.01 Å². The van der Waals surface area contributed by atoms with Gasteiger partial charge in [-0.15, -0.1) is 5.01 Å². The Bertz CT molecular complexity index is 178. The first-order valence-electron chi connectivity index (χ1n) is 4.88. The average molecular weight is 187 g/mol. The summed E-state index contributed by atoms with van der Waals surface area (Å²) in [6, 6.07) is 0.257. The largest absolute Gasteiger partial charge is 0.569 e. The Labute approximate surface area is 78.2 Å². The van der Waals surface area contributed by atoms with Gasteiger partial charge in [-0.2, -0.15) is 0 Å². The number of hydrazine groups is 1. The van der Waals surface area contributed by atoms with Crippen molar-refractivity contribution in [3.05, 3.63) is 5.21 Å². The number of rotatable bonds is 3. The predicted octanol–water partition coefficient (Wildman–Crippen LogP) is 1.91. The van der Waals surface area contributed by atoms with Crippen molar-refractivity contribution in [3.8, 4) is 0 Å². The van der Waals surface area contributed by atoms with Crippen molar-refractivity contribution in [2.45, 2.75) is 45.1 Å². The third kappa shape index (κ3) is 2.47. The van der Waals surface area contributed by atoms with Crippen LogP contribution in [0, 0.1) is 5.21 Å². The van der Waals surface area contributed by atoms with Gasteiger partial charge in [0.25, 0.3) is 0 Å². The van der Waals surface area contributed by atoms with E-state index in [1.165, 1.54) is 19.3 Å². The Morgan fingerprint density at radius 3 is 2.54 bits per heavy atom. The van der Waals surface area contributed by atoms with E-state index in [0.29, 0.717) is 11.5 Å². The Kier molecular flexibility index (Phi) is 3.79. The summed E-state index contributed by atoms with van der Waals surface area (Å²) in [5.74, 6) is 0. The zero-order valence-corrected chi connectivity index (χ0v) is 8.02. The first kappa shape index (κ1) is 10.1. The maximum Gasteiger partial charge on any atom is 0.230 e. The van der Waals surface area contributed by atoms with Crippen LogP contribution in [0.1, 0.15) is 39.0 Å². The van der Waals surface area contributed by atoms with Gasteiger partial charge in [-0.1, -0.05) is 19.3 Å².